The zero-order chi connectivity index (χ0) is 13.8. The molecule has 0 radical (unpaired) electrons. The fourth-order valence-electron chi connectivity index (χ4n) is 3.04. The highest BCUT2D eigenvalue weighted by Crippen LogP contribution is 2.30. The van der Waals surface area contributed by atoms with E-state index < -0.39 is 0 Å². The molecule has 0 spiro atoms. The van der Waals surface area contributed by atoms with Gasteiger partial charge in [0.1, 0.15) is 0 Å². The van der Waals surface area contributed by atoms with Crippen LogP contribution in [0.2, 0.25) is 0 Å². The van der Waals surface area contributed by atoms with Crippen LogP contribution < -0.4 is 0 Å². The molecular formula is C16H23NO2S. The fraction of sp³-hybridized carbons (Fsp3) is 0.688. The van der Waals surface area contributed by atoms with Crippen molar-refractivity contribution in [2.75, 3.05) is 19.8 Å². The van der Waals surface area contributed by atoms with Crippen molar-refractivity contribution >= 4 is 17.2 Å². The molecule has 110 valence electrons. The normalized spacial score (nSPS) is 20.6. The van der Waals surface area contributed by atoms with Crippen molar-refractivity contribution in [3.05, 3.63) is 22.4 Å². The van der Waals surface area contributed by atoms with Gasteiger partial charge < -0.3 is 9.64 Å². The molecule has 3 nitrogen and oxygen atoms in total. The smallest absolute Gasteiger partial charge is 0.225 e. The number of carbonyl (C=O) groups excluding carboxylic acids is 1. The molecule has 0 atom stereocenters. The number of ether oxygens (including phenoxy) is 1. The second-order valence-corrected chi connectivity index (χ2v) is 6.86. The summed E-state index contributed by atoms with van der Waals surface area (Å²) in [5.41, 5.74) is 0. The molecule has 1 saturated heterocycles. The molecule has 20 heavy (non-hydrogen) atoms. The molecule has 0 bridgehead atoms. The third kappa shape index (κ3) is 3.23. The lowest BCUT2D eigenvalue weighted by Gasteiger charge is -2.38. The molecule has 1 aliphatic heterocycles. The summed E-state index contributed by atoms with van der Waals surface area (Å²) in [7, 11) is 0. The van der Waals surface area contributed by atoms with Gasteiger partial charge in [0.05, 0.1) is 0 Å². The van der Waals surface area contributed by atoms with Crippen molar-refractivity contribution in [1.82, 2.24) is 4.90 Å². The van der Waals surface area contributed by atoms with Gasteiger partial charge in [-0.25, -0.2) is 0 Å². The molecule has 2 heterocycles. The van der Waals surface area contributed by atoms with Gasteiger partial charge in [0.15, 0.2) is 0 Å². The van der Waals surface area contributed by atoms with Gasteiger partial charge in [-0.2, -0.15) is 0 Å². The van der Waals surface area contributed by atoms with Gasteiger partial charge in [-0.05, 0) is 43.6 Å². The predicted octanol–water partition coefficient (Wildman–Crippen LogP) is 3.10. The Morgan fingerprint density at radius 1 is 1.30 bits per heavy atom. The first-order chi connectivity index (χ1) is 9.84. The van der Waals surface area contributed by atoms with Gasteiger partial charge in [0, 0.05) is 36.6 Å². The summed E-state index contributed by atoms with van der Waals surface area (Å²) in [5.74, 6) is 0.709. The molecule has 0 N–H and O–H groups in total. The van der Waals surface area contributed by atoms with Crippen molar-refractivity contribution in [2.24, 2.45) is 5.92 Å². The monoisotopic (exact) mass is 293 g/mol. The number of rotatable bonds is 5. The van der Waals surface area contributed by atoms with Gasteiger partial charge in [-0.15, -0.1) is 11.3 Å². The van der Waals surface area contributed by atoms with Crippen LogP contribution in [0.4, 0.5) is 0 Å². The predicted molar refractivity (Wildman–Crippen MR) is 80.9 cm³/mol. The SMILES string of the molecule is O=C(C1CCC1)N(CCc1cccs1)C1CCOCC1. The van der Waals surface area contributed by atoms with Gasteiger partial charge in [-0.1, -0.05) is 12.5 Å². The third-order valence-corrected chi connectivity index (χ3v) is 5.48. The highest BCUT2D eigenvalue weighted by atomic mass is 32.1. The minimum Gasteiger partial charge on any atom is -0.381 e. The summed E-state index contributed by atoms with van der Waals surface area (Å²) in [6.45, 7) is 2.48. The minimum atomic E-state index is 0.307. The van der Waals surface area contributed by atoms with Crippen molar-refractivity contribution in [3.63, 3.8) is 0 Å². The van der Waals surface area contributed by atoms with Crippen molar-refractivity contribution in [1.29, 1.82) is 0 Å². The van der Waals surface area contributed by atoms with Gasteiger partial charge in [-0.3, -0.25) is 4.79 Å². The van der Waals surface area contributed by atoms with Crippen molar-refractivity contribution in [3.8, 4) is 0 Å². The maximum Gasteiger partial charge on any atom is 0.225 e. The Balaban J connectivity index is 1.63. The first-order valence-corrected chi connectivity index (χ1v) is 8.63. The number of hydrogen-bond acceptors (Lipinski definition) is 3. The molecule has 4 heteroatoms. The average molecular weight is 293 g/mol. The molecular weight excluding hydrogens is 270 g/mol. The quantitative estimate of drug-likeness (QED) is 0.835. The molecule has 1 amide bonds. The van der Waals surface area contributed by atoms with Crippen LogP contribution in [0.3, 0.4) is 0 Å². The first-order valence-electron chi connectivity index (χ1n) is 7.75. The van der Waals surface area contributed by atoms with Crippen LogP contribution in [0.1, 0.15) is 37.0 Å². The number of nitrogens with zero attached hydrogens (tertiary/aromatic N) is 1. The summed E-state index contributed by atoms with van der Waals surface area (Å²) in [6, 6.07) is 4.66. The second kappa shape index (κ2) is 6.72. The average Bonchev–Trinajstić information content (AvgIpc) is 2.91. The zero-order valence-electron chi connectivity index (χ0n) is 11.9. The Kier molecular flexibility index (Phi) is 4.73. The summed E-state index contributed by atoms with van der Waals surface area (Å²) >= 11 is 1.79. The fourth-order valence-corrected chi connectivity index (χ4v) is 3.74. The van der Waals surface area contributed by atoms with E-state index >= 15 is 0 Å². The number of carbonyl (C=O) groups is 1. The standard InChI is InChI=1S/C16H23NO2S/c18-16(13-3-1-4-13)17(14-7-10-19-11-8-14)9-6-15-5-2-12-20-15/h2,5,12-14H,1,3-4,6-11H2. The largest absolute Gasteiger partial charge is 0.381 e. The summed E-state index contributed by atoms with van der Waals surface area (Å²) < 4.78 is 5.44. The Labute approximate surface area is 124 Å². The van der Waals surface area contributed by atoms with Crippen molar-refractivity contribution in [2.45, 2.75) is 44.6 Å². The number of thiophene rings is 1. The first kappa shape index (κ1) is 14.1. The lowest BCUT2D eigenvalue weighted by atomic mass is 9.83. The number of amides is 1. The molecule has 3 rings (SSSR count). The molecule has 2 fully saturated rings. The lowest BCUT2D eigenvalue weighted by molar-refractivity contribution is -0.142. The van der Waals surface area contributed by atoms with E-state index in [1.54, 1.807) is 11.3 Å². The molecule has 1 aromatic heterocycles. The summed E-state index contributed by atoms with van der Waals surface area (Å²) in [5, 5.41) is 2.11. The van der Waals surface area contributed by atoms with Crippen LogP contribution in [-0.4, -0.2) is 36.6 Å². The zero-order valence-corrected chi connectivity index (χ0v) is 12.7. The van der Waals surface area contributed by atoms with Crippen LogP contribution in [0.5, 0.6) is 0 Å². The van der Waals surface area contributed by atoms with Crippen LogP contribution in [-0.2, 0) is 16.0 Å². The third-order valence-electron chi connectivity index (χ3n) is 4.55. The van der Waals surface area contributed by atoms with E-state index in [2.05, 4.69) is 22.4 Å². The van der Waals surface area contributed by atoms with Crippen LogP contribution >= 0.6 is 11.3 Å². The molecule has 0 unspecified atom stereocenters. The molecule has 1 saturated carbocycles. The van der Waals surface area contributed by atoms with Crippen LogP contribution in [0.15, 0.2) is 17.5 Å². The Bertz CT molecular complexity index is 422. The number of hydrogen-bond donors (Lipinski definition) is 0. The highest BCUT2D eigenvalue weighted by molar-refractivity contribution is 7.09. The molecule has 0 aromatic carbocycles. The van der Waals surface area contributed by atoms with E-state index in [-0.39, 0.29) is 0 Å². The minimum absolute atomic E-state index is 0.307. The van der Waals surface area contributed by atoms with Gasteiger partial charge in [0.2, 0.25) is 5.91 Å². The lowest BCUT2D eigenvalue weighted by Crippen LogP contribution is -2.48. The van der Waals surface area contributed by atoms with E-state index in [0.29, 0.717) is 17.9 Å². The van der Waals surface area contributed by atoms with Gasteiger partial charge >= 0.3 is 0 Å². The maximum absolute atomic E-state index is 12.7. The van der Waals surface area contributed by atoms with E-state index in [1.807, 2.05) is 0 Å². The topological polar surface area (TPSA) is 29.5 Å². The molecule has 1 aromatic rings. The van der Waals surface area contributed by atoms with E-state index in [4.69, 9.17) is 4.74 Å². The highest BCUT2D eigenvalue weighted by Gasteiger charge is 2.33. The van der Waals surface area contributed by atoms with Crippen LogP contribution in [0.25, 0.3) is 0 Å². The van der Waals surface area contributed by atoms with E-state index in [9.17, 15) is 4.79 Å². The van der Waals surface area contributed by atoms with Crippen LogP contribution in [0, 0.1) is 5.92 Å². The van der Waals surface area contributed by atoms with Crippen molar-refractivity contribution < 1.29 is 9.53 Å². The van der Waals surface area contributed by atoms with E-state index in [1.165, 1.54) is 11.3 Å². The van der Waals surface area contributed by atoms with E-state index in [0.717, 1.165) is 51.9 Å². The molecule has 1 aliphatic carbocycles. The Morgan fingerprint density at radius 2 is 2.10 bits per heavy atom. The summed E-state index contributed by atoms with van der Waals surface area (Å²) in [6.07, 6.45) is 6.41. The Hall–Kier alpha value is -0.870. The van der Waals surface area contributed by atoms with Gasteiger partial charge in [0.25, 0.3) is 0 Å². The Morgan fingerprint density at radius 3 is 2.70 bits per heavy atom. The maximum atomic E-state index is 12.7. The summed E-state index contributed by atoms with van der Waals surface area (Å²) in [4.78, 5) is 16.2. The second-order valence-electron chi connectivity index (χ2n) is 5.83. The molecule has 2 aliphatic rings.